The van der Waals surface area contributed by atoms with Crippen LogP contribution in [-0.2, 0) is 42.6 Å². The van der Waals surface area contributed by atoms with E-state index in [-0.39, 0.29) is 48.8 Å². The molecule has 0 aromatic carbocycles. The van der Waals surface area contributed by atoms with E-state index in [4.69, 9.17) is 42.6 Å². The normalized spacial score (nSPS) is 15.5. The Balaban J connectivity index is 4.72. The summed E-state index contributed by atoms with van der Waals surface area (Å²) in [6, 6.07) is 0. The summed E-state index contributed by atoms with van der Waals surface area (Å²) in [5, 5.41) is 0. The largest absolute Gasteiger partial charge is 0.379 e. The first-order chi connectivity index (χ1) is 18.5. The second kappa shape index (κ2) is 25.4. The first-order valence-corrected chi connectivity index (χ1v) is 15.0. The van der Waals surface area contributed by atoms with Gasteiger partial charge >= 0.3 is 0 Å². The quantitative estimate of drug-likeness (QED) is 0.121. The molecular weight excluding hydrogens is 504 g/mol. The van der Waals surface area contributed by atoms with Gasteiger partial charge in [0.15, 0.2) is 0 Å². The zero-order valence-corrected chi connectivity index (χ0v) is 26.8. The Morgan fingerprint density at radius 3 is 1.28 bits per heavy atom. The molecule has 0 N–H and O–H groups in total. The summed E-state index contributed by atoms with van der Waals surface area (Å²) in [5.74, 6) is 0. The monoisotopic (exact) mass is 566 g/mol. The van der Waals surface area contributed by atoms with Gasteiger partial charge in [-0.25, -0.2) is 0 Å². The van der Waals surface area contributed by atoms with Crippen LogP contribution in [0.3, 0.4) is 0 Å². The van der Waals surface area contributed by atoms with E-state index >= 15 is 0 Å². The van der Waals surface area contributed by atoms with Crippen LogP contribution in [0.2, 0.25) is 0 Å². The van der Waals surface area contributed by atoms with Crippen molar-refractivity contribution in [1.29, 1.82) is 0 Å². The molecule has 0 saturated heterocycles. The van der Waals surface area contributed by atoms with Crippen molar-refractivity contribution in [2.24, 2.45) is 0 Å². The van der Waals surface area contributed by atoms with Crippen LogP contribution >= 0.6 is 0 Å². The molecule has 0 aliphatic carbocycles. The van der Waals surface area contributed by atoms with E-state index in [1.165, 1.54) is 0 Å². The zero-order valence-electron chi connectivity index (χ0n) is 26.8. The molecule has 9 nitrogen and oxygen atoms in total. The Morgan fingerprint density at radius 1 is 0.359 bits per heavy atom. The molecule has 0 rings (SSSR count). The Morgan fingerprint density at radius 2 is 0.769 bits per heavy atom. The summed E-state index contributed by atoms with van der Waals surface area (Å²) in [6.07, 6.45) is 1.99. The molecule has 0 aromatic rings. The fraction of sp³-hybridized carbons (Fsp3) is 1.00. The first kappa shape index (κ1) is 38.6. The van der Waals surface area contributed by atoms with Gasteiger partial charge in [-0.15, -0.1) is 0 Å². The van der Waals surface area contributed by atoms with Crippen LogP contribution in [0.4, 0.5) is 0 Å². The molecule has 0 fully saturated rings. The van der Waals surface area contributed by atoms with Crippen LogP contribution in [0.15, 0.2) is 0 Å². The van der Waals surface area contributed by atoms with Crippen molar-refractivity contribution in [2.45, 2.75) is 131 Å². The zero-order chi connectivity index (χ0) is 29.5. The summed E-state index contributed by atoms with van der Waals surface area (Å²) in [4.78, 5) is 0. The Bertz CT molecular complexity index is 517. The van der Waals surface area contributed by atoms with Crippen molar-refractivity contribution < 1.29 is 42.6 Å². The molecule has 0 saturated carbocycles. The van der Waals surface area contributed by atoms with Crippen LogP contribution in [-0.4, -0.2) is 115 Å². The summed E-state index contributed by atoms with van der Waals surface area (Å²) in [6.45, 7) is 25.4. The number of hydrogen-bond acceptors (Lipinski definition) is 9. The van der Waals surface area contributed by atoms with Gasteiger partial charge in [0.1, 0.15) is 12.2 Å². The predicted octanol–water partition coefficient (Wildman–Crippen LogP) is 5.06. The predicted molar refractivity (Wildman–Crippen MR) is 155 cm³/mol. The maximum atomic E-state index is 6.11. The van der Waals surface area contributed by atoms with Crippen LogP contribution in [0, 0.1) is 0 Å². The number of ether oxygens (including phenoxy) is 9. The third-order valence-corrected chi connectivity index (χ3v) is 5.12. The highest BCUT2D eigenvalue weighted by Crippen LogP contribution is 2.06. The van der Waals surface area contributed by atoms with Gasteiger partial charge in [0.25, 0.3) is 0 Å². The molecule has 0 aliphatic heterocycles. The van der Waals surface area contributed by atoms with E-state index in [2.05, 4.69) is 0 Å². The highest BCUT2D eigenvalue weighted by Gasteiger charge is 2.17. The molecule has 236 valence electrons. The first-order valence-electron chi connectivity index (χ1n) is 15.0. The smallest absolute Gasteiger partial charge is 0.104 e. The molecule has 4 unspecified atom stereocenters. The second-order valence-corrected chi connectivity index (χ2v) is 11.1. The third-order valence-electron chi connectivity index (χ3n) is 5.12. The minimum absolute atomic E-state index is 0.00955. The van der Waals surface area contributed by atoms with Crippen molar-refractivity contribution >= 4 is 0 Å². The lowest BCUT2D eigenvalue weighted by molar-refractivity contribution is -0.122. The lowest BCUT2D eigenvalue weighted by atomic mass is 10.3. The fourth-order valence-electron chi connectivity index (χ4n) is 3.59. The maximum absolute atomic E-state index is 6.11. The van der Waals surface area contributed by atoms with Gasteiger partial charge in [-0.3, -0.25) is 0 Å². The van der Waals surface area contributed by atoms with Gasteiger partial charge in [0.2, 0.25) is 0 Å². The van der Waals surface area contributed by atoms with Gasteiger partial charge in [-0.05, 0) is 82.1 Å². The standard InChI is InChI=1S/C30H62O9/c1-23(2)34-14-11-13-31-19-29(36-16-12-15-35-24(3)4)20-33-22-30(37-18-28(10)39-26(7)8)21-32-17-27(9)38-25(5)6/h23-30H,11-22H2,1-10H3. The van der Waals surface area contributed by atoms with Gasteiger partial charge < -0.3 is 42.6 Å². The van der Waals surface area contributed by atoms with Crippen LogP contribution in [0.1, 0.15) is 82.1 Å². The summed E-state index contributed by atoms with van der Waals surface area (Å²) in [7, 11) is 0. The van der Waals surface area contributed by atoms with E-state index in [0.717, 1.165) is 12.8 Å². The Kier molecular flexibility index (Phi) is 25.1. The van der Waals surface area contributed by atoms with E-state index in [1.54, 1.807) is 0 Å². The van der Waals surface area contributed by atoms with Gasteiger partial charge in [-0.1, -0.05) is 0 Å². The molecular formula is C30H62O9. The van der Waals surface area contributed by atoms with Crippen LogP contribution in [0.25, 0.3) is 0 Å². The molecule has 9 heteroatoms. The Labute approximate surface area is 239 Å². The topological polar surface area (TPSA) is 83.1 Å². The molecule has 0 amide bonds. The summed E-state index contributed by atoms with van der Waals surface area (Å²) in [5.41, 5.74) is 0. The fourth-order valence-corrected chi connectivity index (χ4v) is 3.59. The molecule has 0 radical (unpaired) electrons. The highest BCUT2D eigenvalue weighted by molar-refractivity contribution is 4.63. The van der Waals surface area contributed by atoms with Crippen molar-refractivity contribution in [3.63, 3.8) is 0 Å². The molecule has 39 heavy (non-hydrogen) atoms. The third kappa shape index (κ3) is 27.6. The van der Waals surface area contributed by atoms with Crippen molar-refractivity contribution in [3.8, 4) is 0 Å². The van der Waals surface area contributed by atoms with Crippen molar-refractivity contribution in [1.82, 2.24) is 0 Å². The lowest BCUT2D eigenvalue weighted by Gasteiger charge is -2.24. The molecule has 0 bridgehead atoms. The highest BCUT2D eigenvalue weighted by atomic mass is 16.6. The summed E-state index contributed by atoms with van der Waals surface area (Å²) >= 11 is 0. The molecule has 0 aliphatic rings. The van der Waals surface area contributed by atoms with E-state index < -0.39 is 0 Å². The van der Waals surface area contributed by atoms with E-state index in [9.17, 15) is 0 Å². The average molecular weight is 567 g/mol. The van der Waals surface area contributed by atoms with Gasteiger partial charge in [-0.2, -0.15) is 0 Å². The van der Waals surface area contributed by atoms with Crippen molar-refractivity contribution in [3.05, 3.63) is 0 Å². The molecule has 0 spiro atoms. The number of hydrogen-bond donors (Lipinski definition) is 0. The molecule has 0 aromatic heterocycles. The SMILES string of the molecule is CC(C)OCCCOCC(COCC(COCC(C)OC(C)C)OCC(C)OC(C)C)OCCCOC(C)C. The lowest BCUT2D eigenvalue weighted by Crippen LogP contribution is -2.34. The minimum atomic E-state index is -0.233. The van der Waals surface area contributed by atoms with E-state index in [1.807, 2.05) is 69.2 Å². The van der Waals surface area contributed by atoms with Gasteiger partial charge in [0, 0.05) is 26.4 Å². The summed E-state index contributed by atoms with van der Waals surface area (Å²) < 4.78 is 52.8. The Hall–Kier alpha value is -0.360. The van der Waals surface area contributed by atoms with Gasteiger partial charge in [0.05, 0.1) is 76.3 Å². The van der Waals surface area contributed by atoms with E-state index in [0.29, 0.717) is 66.1 Å². The van der Waals surface area contributed by atoms with Crippen LogP contribution in [0.5, 0.6) is 0 Å². The number of rotatable bonds is 28. The van der Waals surface area contributed by atoms with Crippen LogP contribution < -0.4 is 0 Å². The molecule has 4 atom stereocenters. The van der Waals surface area contributed by atoms with Crippen molar-refractivity contribution in [2.75, 3.05) is 66.1 Å². The minimum Gasteiger partial charge on any atom is -0.379 e. The maximum Gasteiger partial charge on any atom is 0.104 e. The average Bonchev–Trinajstić information content (AvgIpc) is 2.82. The second-order valence-electron chi connectivity index (χ2n) is 11.1. The molecule has 0 heterocycles.